The van der Waals surface area contributed by atoms with Crippen LogP contribution in [0.25, 0.3) is 0 Å². The zero-order valence-corrected chi connectivity index (χ0v) is 5.14. The fourth-order valence-corrected chi connectivity index (χ4v) is 0.179. The molecule has 0 heterocycles. The van der Waals surface area contributed by atoms with Crippen LogP contribution in [-0.2, 0) is 4.79 Å². The van der Waals surface area contributed by atoms with Gasteiger partial charge in [-0.1, -0.05) is 0 Å². The minimum absolute atomic E-state index is 0.650. The lowest BCUT2D eigenvalue weighted by Crippen LogP contribution is -2.36. The van der Waals surface area contributed by atoms with Gasteiger partial charge in [-0.2, -0.15) is 13.2 Å². The number of amides is 1. The number of nitrogens with two attached hydrogens (primary N) is 2. The van der Waals surface area contributed by atoms with Gasteiger partial charge in [-0.25, -0.2) is 5.43 Å². The minimum Gasteiger partial charge on any atom is -0.369 e. The Kier molecular flexibility index (Phi) is 2.67. The van der Waals surface area contributed by atoms with Crippen LogP contribution in [0.4, 0.5) is 13.2 Å². The Morgan fingerprint density at radius 1 is 1.36 bits per heavy atom. The summed E-state index contributed by atoms with van der Waals surface area (Å²) in [6.07, 6.45) is -4.97. The molecule has 1 amide bonds. The largest absolute Gasteiger partial charge is 0.473 e. The lowest BCUT2D eigenvalue weighted by Gasteiger charge is -2.02. The Morgan fingerprint density at radius 3 is 2.09 bits per heavy atom. The van der Waals surface area contributed by atoms with Crippen LogP contribution in [-0.4, -0.2) is 18.0 Å². The van der Waals surface area contributed by atoms with Crippen molar-refractivity contribution in [3.8, 4) is 0 Å². The van der Waals surface area contributed by atoms with Crippen molar-refractivity contribution in [3.05, 3.63) is 0 Å². The molecule has 5 N–H and O–H groups in total. The molecule has 0 saturated carbocycles. The van der Waals surface area contributed by atoms with E-state index in [4.69, 9.17) is 0 Å². The van der Waals surface area contributed by atoms with E-state index in [9.17, 15) is 18.0 Å². The molecular formula is C3H5F3N4O. The van der Waals surface area contributed by atoms with Gasteiger partial charge in [0.25, 0.3) is 0 Å². The Bertz CT molecular complexity index is 182. The molecule has 0 aromatic heterocycles. The van der Waals surface area contributed by atoms with Gasteiger partial charge in [0.15, 0.2) is 0 Å². The van der Waals surface area contributed by atoms with Gasteiger partial charge in [0.2, 0.25) is 5.96 Å². The van der Waals surface area contributed by atoms with E-state index in [0.29, 0.717) is 0 Å². The van der Waals surface area contributed by atoms with Gasteiger partial charge in [0.1, 0.15) is 0 Å². The van der Waals surface area contributed by atoms with Gasteiger partial charge < -0.3 is 11.5 Å². The minimum atomic E-state index is -4.97. The maximum Gasteiger partial charge on any atom is 0.473 e. The highest BCUT2D eigenvalue weighted by Gasteiger charge is 2.38. The highest BCUT2D eigenvalue weighted by Crippen LogP contribution is 2.13. The lowest BCUT2D eigenvalue weighted by atomic mass is 10.6. The van der Waals surface area contributed by atoms with Gasteiger partial charge in [0.05, 0.1) is 0 Å². The Hall–Kier alpha value is -1.47. The van der Waals surface area contributed by atoms with Gasteiger partial charge >= 0.3 is 12.1 Å². The summed E-state index contributed by atoms with van der Waals surface area (Å²) in [7, 11) is 0. The van der Waals surface area contributed by atoms with E-state index < -0.39 is 18.0 Å². The number of nitrogens with one attached hydrogen (secondary N) is 1. The summed E-state index contributed by atoms with van der Waals surface area (Å²) in [6.45, 7) is 0. The second-order valence-corrected chi connectivity index (χ2v) is 1.48. The van der Waals surface area contributed by atoms with Crippen LogP contribution in [0.3, 0.4) is 0 Å². The summed E-state index contributed by atoms with van der Waals surface area (Å²) < 4.78 is 34.0. The molecule has 8 heteroatoms. The van der Waals surface area contributed by atoms with Crippen molar-refractivity contribution >= 4 is 11.9 Å². The molecule has 5 nitrogen and oxygen atoms in total. The van der Waals surface area contributed by atoms with Crippen LogP contribution < -0.4 is 16.9 Å². The zero-order chi connectivity index (χ0) is 9.07. The van der Waals surface area contributed by atoms with Gasteiger partial charge in [-0.05, 0) is 0 Å². The molecule has 0 saturated heterocycles. The second kappa shape index (κ2) is 3.08. The maximum absolute atomic E-state index is 11.3. The van der Waals surface area contributed by atoms with Gasteiger partial charge in [-0.15, -0.1) is 5.10 Å². The highest BCUT2D eigenvalue weighted by molar-refractivity contribution is 5.84. The van der Waals surface area contributed by atoms with Crippen molar-refractivity contribution in [1.82, 2.24) is 5.43 Å². The van der Waals surface area contributed by atoms with Crippen LogP contribution >= 0.6 is 0 Å². The van der Waals surface area contributed by atoms with E-state index in [1.54, 1.807) is 0 Å². The molecule has 11 heavy (non-hydrogen) atoms. The first-order valence-electron chi connectivity index (χ1n) is 2.30. The maximum atomic E-state index is 11.3. The topological polar surface area (TPSA) is 93.5 Å². The van der Waals surface area contributed by atoms with E-state index >= 15 is 0 Å². The zero-order valence-electron chi connectivity index (χ0n) is 5.14. The molecule has 64 valence electrons. The Morgan fingerprint density at radius 2 is 1.82 bits per heavy atom. The fourth-order valence-electron chi connectivity index (χ4n) is 0.179. The number of carbonyl (C=O) groups is 1. The molecule has 0 aliphatic carbocycles. The number of hydrogen-bond acceptors (Lipinski definition) is 2. The van der Waals surface area contributed by atoms with E-state index in [1.807, 2.05) is 0 Å². The summed E-state index contributed by atoms with van der Waals surface area (Å²) in [5, 5.41) is 2.64. The molecule has 0 radical (unpaired) electrons. The molecule has 0 spiro atoms. The number of carbonyl (C=O) groups excluding carboxylic acids is 1. The summed E-state index contributed by atoms with van der Waals surface area (Å²) >= 11 is 0. The Labute approximate surface area is 59.2 Å². The van der Waals surface area contributed by atoms with Crippen LogP contribution in [0.1, 0.15) is 0 Å². The van der Waals surface area contributed by atoms with Crippen molar-refractivity contribution in [2.24, 2.45) is 16.6 Å². The highest BCUT2D eigenvalue weighted by atomic mass is 19.4. The standard InChI is InChI=1S/C3H5F3N4O/c4-3(5,6)1(11)9-10-2(7)8/h(H,9,11)(H4,7,8,10). The second-order valence-electron chi connectivity index (χ2n) is 1.48. The Balaban J connectivity index is 4.01. The van der Waals surface area contributed by atoms with Crippen molar-refractivity contribution < 1.29 is 18.0 Å². The first-order chi connectivity index (χ1) is 4.84. The van der Waals surface area contributed by atoms with Crippen LogP contribution in [0, 0.1) is 0 Å². The average molecular weight is 170 g/mol. The monoisotopic (exact) mass is 170 g/mol. The third-order valence-electron chi connectivity index (χ3n) is 0.544. The third-order valence-corrected chi connectivity index (χ3v) is 0.544. The molecular weight excluding hydrogens is 165 g/mol. The number of nitrogens with zero attached hydrogens (tertiary/aromatic N) is 1. The number of hydrogen-bond donors (Lipinski definition) is 3. The molecule has 0 aromatic carbocycles. The molecule has 0 aromatic rings. The van der Waals surface area contributed by atoms with Crippen molar-refractivity contribution in [3.63, 3.8) is 0 Å². The molecule has 0 rings (SSSR count). The number of hydrazone groups is 1. The summed E-state index contributed by atoms with van der Waals surface area (Å²) in [4.78, 5) is 9.91. The molecule has 0 fully saturated rings. The molecule has 0 aliphatic rings. The number of guanidine groups is 1. The van der Waals surface area contributed by atoms with Crippen LogP contribution in [0.2, 0.25) is 0 Å². The molecule has 0 atom stereocenters. The number of alkyl halides is 3. The van der Waals surface area contributed by atoms with Crippen LogP contribution in [0.5, 0.6) is 0 Å². The summed E-state index contributed by atoms with van der Waals surface area (Å²) in [6, 6.07) is 0. The average Bonchev–Trinajstić information content (AvgIpc) is 1.80. The van der Waals surface area contributed by atoms with E-state index in [-0.39, 0.29) is 0 Å². The SMILES string of the molecule is NC(N)=NNC(=O)C(F)(F)F. The molecule has 0 bridgehead atoms. The quantitative estimate of drug-likeness (QED) is 0.263. The van der Waals surface area contributed by atoms with Crippen molar-refractivity contribution in [1.29, 1.82) is 0 Å². The predicted octanol–water partition coefficient (Wildman–Crippen LogP) is -1.15. The smallest absolute Gasteiger partial charge is 0.369 e. The van der Waals surface area contributed by atoms with Crippen molar-refractivity contribution in [2.75, 3.05) is 0 Å². The number of halogens is 3. The van der Waals surface area contributed by atoms with Gasteiger partial charge in [-0.3, -0.25) is 4.79 Å². The first kappa shape index (κ1) is 9.53. The fraction of sp³-hybridized carbons (Fsp3) is 0.333. The summed E-state index contributed by atoms with van der Waals surface area (Å²) in [5.41, 5.74) is 10.4. The third kappa shape index (κ3) is 4.00. The van der Waals surface area contributed by atoms with Crippen molar-refractivity contribution in [2.45, 2.75) is 6.18 Å². The van der Waals surface area contributed by atoms with E-state index in [1.165, 1.54) is 0 Å². The number of rotatable bonds is 1. The molecule has 0 unspecified atom stereocenters. The van der Waals surface area contributed by atoms with E-state index in [0.717, 1.165) is 5.43 Å². The lowest BCUT2D eigenvalue weighted by molar-refractivity contribution is -0.173. The van der Waals surface area contributed by atoms with Crippen LogP contribution in [0.15, 0.2) is 5.10 Å². The normalized spacial score (nSPS) is 10.5. The summed E-state index contributed by atoms with van der Waals surface area (Å²) in [5.74, 6) is -2.87. The first-order valence-corrected chi connectivity index (χ1v) is 2.30. The predicted molar refractivity (Wildman–Crippen MR) is 30.0 cm³/mol. The molecule has 0 aliphatic heterocycles. The van der Waals surface area contributed by atoms with Gasteiger partial charge in [0, 0.05) is 0 Å². The van der Waals surface area contributed by atoms with E-state index in [2.05, 4.69) is 16.6 Å².